The normalized spacial score (nSPS) is 15.5. The van der Waals surface area contributed by atoms with Crippen molar-refractivity contribution in [1.82, 2.24) is 19.4 Å². The molecule has 1 aliphatic heterocycles. The van der Waals surface area contributed by atoms with E-state index in [1.807, 2.05) is 29.9 Å². The summed E-state index contributed by atoms with van der Waals surface area (Å²) in [7, 11) is 1.96. The van der Waals surface area contributed by atoms with Crippen molar-refractivity contribution in [2.45, 2.75) is 31.9 Å². The molecule has 8 heteroatoms. The summed E-state index contributed by atoms with van der Waals surface area (Å²) in [6.45, 7) is 2.85. The zero-order valence-electron chi connectivity index (χ0n) is 16.7. The van der Waals surface area contributed by atoms with Crippen LogP contribution in [0.4, 0.5) is 4.39 Å². The highest BCUT2D eigenvalue weighted by atomic mass is 35.5. The molecular formula is C22H23Cl2FN4O. The molecule has 30 heavy (non-hydrogen) atoms. The van der Waals surface area contributed by atoms with Gasteiger partial charge in [0, 0.05) is 41.5 Å². The first-order valence-corrected chi connectivity index (χ1v) is 10.7. The van der Waals surface area contributed by atoms with E-state index in [0.717, 1.165) is 44.0 Å². The quantitative estimate of drug-likeness (QED) is 0.518. The molecule has 1 saturated heterocycles. The van der Waals surface area contributed by atoms with Crippen molar-refractivity contribution in [3.8, 4) is 5.88 Å². The van der Waals surface area contributed by atoms with Crippen LogP contribution >= 0.6 is 23.2 Å². The van der Waals surface area contributed by atoms with Crippen LogP contribution in [0.1, 0.15) is 35.8 Å². The number of rotatable bonds is 6. The number of ether oxygens (including phenoxy) is 1. The summed E-state index contributed by atoms with van der Waals surface area (Å²) >= 11 is 11.8. The lowest BCUT2D eigenvalue weighted by atomic mass is 9.93. The van der Waals surface area contributed by atoms with Gasteiger partial charge in [-0.1, -0.05) is 35.3 Å². The third-order valence-corrected chi connectivity index (χ3v) is 5.87. The van der Waals surface area contributed by atoms with Crippen molar-refractivity contribution in [3.05, 3.63) is 75.7 Å². The molecule has 0 unspecified atom stereocenters. The molecule has 3 aromatic rings. The van der Waals surface area contributed by atoms with Crippen LogP contribution in [0.25, 0.3) is 0 Å². The van der Waals surface area contributed by atoms with Gasteiger partial charge in [0.25, 0.3) is 0 Å². The van der Waals surface area contributed by atoms with Crippen LogP contribution in [0, 0.1) is 5.82 Å². The molecule has 0 spiro atoms. The number of benzene rings is 1. The third-order valence-electron chi connectivity index (χ3n) is 5.45. The smallest absolute Gasteiger partial charge is 0.213 e. The van der Waals surface area contributed by atoms with Gasteiger partial charge in [-0.15, -0.1) is 0 Å². The van der Waals surface area contributed by atoms with Gasteiger partial charge in [-0.05, 0) is 44.1 Å². The first-order valence-electron chi connectivity index (χ1n) is 9.91. The zero-order chi connectivity index (χ0) is 21.1. The van der Waals surface area contributed by atoms with E-state index in [9.17, 15) is 4.39 Å². The Labute approximate surface area is 185 Å². The highest BCUT2D eigenvalue weighted by Crippen LogP contribution is 2.29. The molecule has 0 N–H and O–H groups in total. The second kappa shape index (κ2) is 9.33. The Morgan fingerprint density at radius 2 is 1.93 bits per heavy atom. The lowest BCUT2D eigenvalue weighted by molar-refractivity contribution is 0.196. The molecule has 2 aromatic heterocycles. The van der Waals surface area contributed by atoms with E-state index >= 15 is 0 Å². The molecule has 0 amide bonds. The fraction of sp³-hybridized carbons (Fsp3) is 0.364. The van der Waals surface area contributed by atoms with Crippen molar-refractivity contribution in [2.24, 2.45) is 7.05 Å². The number of aryl methyl sites for hydroxylation is 1. The number of aromatic nitrogens is 3. The van der Waals surface area contributed by atoms with E-state index in [2.05, 4.69) is 14.9 Å². The fourth-order valence-corrected chi connectivity index (χ4v) is 4.13. The van der Waals surface area contributed by atoms with Crippen molar-refractivity contribution in [2.75, 3.05) is 13.1 Å². The number of likely N-dealkylation sites (tertiary alicyclic amines) is 1. The zero-order valence-corrected chi connectivity index (χ0v) is 18.2. The van der Waals surface area contributed by atoms with Gasteiger partial charge in [-0.3, -0.25) is 4.90 Å². The predicted octanol–water partition coefficient (Wildman–Crippen LogP) is 5.22. The van der Waals surface area contributed by atoms with E-state index < -0.39 is 0 Å². The number of hydrogen-bond donors (Lipinski definition) is 0. The largest absolute Gasteiger partial charge is 0.473 e. The Kier molecular flexibility index (Phi) is 6.56. The molecule has 3 heterocycles. The van der Waals surface area contributed by atoms with E-state index in [1.165, 1.54) is 6.07 Å². The predicted molar refractivity (Wildman–Crippen MR) is 115 cm³/mol. The maximum absolute atomic E-state index is 13.9. The molecule has 0 saturated carbocycles. The Morgan fingerprint density at radius 3 is 2.63 bits per heavy atom. The fourth-order valence-electron chi connectivity index (χ4n) is 3.73. The second-order valence-corrected chi connectivity index (χ2v) is 8.39. The van der Waals surface area contributed by atoms with Crippen molar-refractivity contribution < 1.29 is 9.13 Å². The van der Waals surface area contributed by atoms with Gasteiger partial charge in [-0.2, -0.15) is 0 Å². The summed E-state index contributed by atoms with van der Waals surface area (Å²) in [6, 6.07) is 10.4. The Hall–Kier alpha value is -2.15. The molecule has 1 aliphatic rings. The van der Waals surface area contributed by atoms with Crippen molar-refractivity contribution in [1.29, 1.82) is 0 Å². The number of halogens is 3. The molecule has 1 aromatic carbocycles. The van der Waals surface area contributed by atoms with Crippen LogP contribution in [0.15, 0.2) is 42.6 Å². The van der Waals surface area contributed by atoms with Gasteiger partial charge >= 0.3 is 0 Å². The molecule has 0 bridgehead atoms. The van der Waals surface area contributed by atoms with E-state index in [4.69, 9.17) is 27.9 Å². The van der Waals surface area contributed by atoms with Gasteiger partial charge in [0.05, 0.1) is 6.54 Å². The van der Waals surface area contributed by atoms with Crippen LogP contribution in [-0.2, 0) is 20.2 Å². The van der Waals surface area contributed by atoms with Gasteiger partial charge in [0.2, 0.25) is 5.88 Å². The van der Waals surface area contributed by atoms with Gasteiger partial charge in [0.15, 0.2) is 0 Å². The first kappa shape index (κ1) is 21.1. The second-order valence-electron chi connectivity index (χ2n) is 7.57. The Morgan fingerprint density at radius 1 is 1.13 bits per heavy atom. The number of hydrogen-bond acceptors (Lipinski definition) is 4. The van der Waals surface area contributed by atoms with E-state index in [-0.39, 0.29) is 12.4 Å². The van der Waals surface area contributed by atoms with Gasteiger partial charge in [-0.25, -0.2) is 14.4 Å². The number of pyridine rings is 1. The standard InChI is InChI=1S/C22H23Cl2FN4O/c1-28-12-20(24)27-21(28)13-29-9-7-15(8-10-29)19-3-2-4-22(26-19)30-14-16-5-6-17(23)11-18(16)25/h2-6,11-12,15H,7-10,13-14H2,1H3. The van der Waals surface area contributed by atoms with Crippen LogP contribution in [-0.4, -0.2) is 32.5 Å². The molecule has 158 valence electrons. The first-order chi connectivity index (χ1) is 14.5. The molecule has 5 nitrogen and oxygen atoms in total. The summed E-state index contributed by atoms with van der Waals surface area (Å²) in [5, 5.41) is 0.899. The third kappa shape index (κ3) is 5.12. The molecule has 1 fully saturated rings. The van der Waals surface area contributed by atoms with Crippen LogP contribution in [0.2, 0.25) is 10.2 Å². The van der Waals surface area contributed by atoms with E-state index in [1.54, 1.807) is 18.2 Å². The maximum Gasteiger partial charge on any atom is 0.213 e. The maximum atomic E-state index is 13.9. The summed E-state index contributed by atoms with van der Waals surface area (Å²) in [6.07, 6.45) is 3.86. The Bertz CT molecular complexity index is 1020. The lowest BCUT2D eigenvalue weighted by Crippen LogP contribution is -2.33. The number of imidazole rings is 1. The van der Waals surface area contributed by atoms with Crippen LogP contribution in [0.5, 0.6) is 5.88 Å². The minimum Gasteiger partial charge on any atom is -0.473 e. The minimum atomic E-state index is -0.375. The molecule has 0 aliphatic carbocycles. The molecule has 0 atom stereocenters. The van der Waals surface area contributed by atoms with Gasteiger partial charge < -0.3 is 9.30 Å². The Balaban J connectivity index is 1.33. The average molecular weight is 449 g/mol. The van der Waals surface area contributed by atoms with Crippen molar-refractivity contribution >= 4 is 23.2 Å². The molecule has 4 rings (SSSR count). The summed E-state index contributed by atoms with van der Waals surface area (Å²) in [5.41, 5.74) is 1.47. The van der Waals surface area contributed by atoms with Crippen molar-refractivity contribution in [3.63, 3.8) is 0 Å². The SMILES string of the molecule is Cn1cc(Cl)nc1CN1CCC(c2cccc(OCc3ccc(Cl)cc3F)n2)CC1. The minimum absolute atomic E-state index is 0.115. The summed E-state index contributed by atoms with van der Waals surface area (Å²) in [5.74, 6) is 1.48. The van der Waals surface area contributed by atoms with Gasteiger partial charge in [0.1, 0.15) is 23.4 Å². The average Bonchev–Trinajstić information content (AvgIpc) is 3.05. The summed E-state index contributed by atoms with van der Waals surface area (Å²) < 4.78 is 21.6. The number of nitrogens with zero attached hydrogens (tertiary/aromatic N) is 4. The highest BCUT2D eigenvalue weighted by molar-refractivity contribution is 6.30. The monoisotopic (exact) mass is 448 g/mol. The van der Waals surface area contributed by atoms with E-state index in [0.29, 0.717) is 27.5 Å². The molecular weight excluding hydrogens is 426 g/mol. The number of piperidine rings is 1. The van der Waals surface area contributed by atoms with Crippen LogP contribution in [0.3, 0.4) is 0 Å². The summed E-state index contributed by atoms with van der Waals surface area (Å²) in [4.78, 5) is 11.4. The molecule has 0 radical (unpaired) electrons. The lowest BCUT2D eigenvalue weighted by Gasteiger charge is -2.31. The topological polar surface area (TPSA) is 43.2 Å². The van der Waals surface area contributed by atoms with Crippen LogP contribution < -0.4 is 4.74 Å². The highest BCUT2D eigenvalue weighted by Gasteiger charge is 2.23.